The van der Waals surface area contributed by atoms with Crippen LogP contribution in [0.5, 0.6) is 0 Å². The van der Waals surface area contributed by atoms with Crippen LogP contribution in [-0.2, 0) is 20.2 Å². The normalized spacial score (nSPS) is 11.8. The molecule has 0 aliphatic rings. The number of hydrogen-bond acceptors (Lipinski definition) is 4. The molecule has 198 valence electrons. The first kappa shape index (κ1) is 35.0. The minimum absolute atomic E-state index is 0. The van der Waals surface area contributed by atoms with Gasteiger partial charge in [-0.3, -0.25) is 9.11 Å². The largest absolute Gasteiger partial charge is 1.00 e. The Morgan fingerprint density at radius 1 is 0.525 bits per heavy atom. The fraction of sp³-hybridized carbons (Fsp3) is 0. The third-order valence-corrected chi connectivity index (χ3v) is 7.98. The molecule has 12 heteroatoms. The van der Waals surface area contributed by atoms with Crippen LogP contribution in [-0.4, -0.2) is 25.9 Å². The van der Waals surface area contributed by atoms with E-state index in [1.807, 2.05) is 48.5 Å². The summed E-state index contributed by atoms with van der Waals surface area (Å²) in [5.41, 5.74) is 4.61. The van der Waals surface area contributed by atoms with E-state index in [2.05, 4.69) is 0 Å². The van der Waals surface area contributed by atoms with Crippen LogP contribution in [0, 0.1) is 0 Å². The molecule has 4 aromatic rings. The molecule has 0 saturated carbocycles. The SMILES string of the molecule is O=S(=O)(O)c1ccc(Cl)c(/C=C/c2ccc(-c3ccc(/C=C/c4cc(S(=O)(=O)O)ccc4Cl)cc3)cc2)c1.[H-].[H-].[Na+].[Na+]. The summed E-state index contributed by atoms with van der Waals surface area (Å²) in [5.74, 6) is 0. The summed E-state index contributed by atoms with van der Waals surface area (Å²) in [4.78, 5) is -0.463. The molecule has 0 saturated heterocycles. The van der Waals surface area contributed by atoms with Gasteiger partial charge in [0.05, 0.1) is 9.79 Å². The quantitative estimate of drug-likeness (QED) is 0.182. The molecule has 0 atom stereocenters. The molecular weight excluding hydrogens is 613 g/mol. The van der Waals surface area contributed by atoms with E-state index in [1.54, 1.807) is 24.3 Å². The Kier molecular flexibility index (Phi) is 12.9. The second kappa shape index (κ2) is 14.8. The summed E-state index contributed by atoms with van der Waals surface area (Å²) in [6.07, 6.45) is 6.92. The number of hydrogen-bond donors (Lipinski definition) is 2. The number of halogens is 2. The van der Waals surface area contributed by atoms with Gasteiger partial charge in [-0.2, -0.15) is 16.8 Å². The molecule has 40 heavy (non-hydrogen) atoms. The van der Waals surface area contributed by atoms with Crippen LogP contribution in [0.1, 0.15) is 25.1 Å². The average molecular weight is 635 g/mol. The molecule has 0 aliphatic heterocycles. The Bertz CT molecular complexity index is 1650. The van der Waals surface area contributed by atoms with Crippen molar-refractivity contribution in [3.63, 3.8) is 0 Å². The van der Waals surface area contributed by atoms with Gasteiger partial charge in [0.15, 0.2) is 0 Å². The van der Waals surface area contributed by atoms with Crippen molar-refractivity contribution in [2.24, 2.45) is 0 Å². The second-order valence-electron chi connectivity index (χ2n) is 8.23. The van der Waals surface area contributed by atoms with Crippen LogP contribution in [0.3, 0.4) is 0 Å². The van der Waals surface area contributed by atoms with Gasteiger partial charge in [-0.15, -0.1) is 0 Å². The van der Waals surface area contributed by atoms with Gasteiger partial charge in [-0.05, 0) is 69.8 Å². The van der Waals surface area contributed by atoms with Gasteiger partial charge < -0.3 is 2.85 Å². The summed E-state index contributed by atoms with van der Waals surface area (Å²) in [5, 5.41) is 0.709. The zero-order valence-electron chi connectivity index (χ0n) is 23.5. The molecule has 0 amide bonds. The van der Waals surface area contributed by atoms with Crippen LogP contribution >= 0.6 is 23.2 Å². The molecular formula is C28H22Cl2Na2O6S2. The molecule has 0 radical (unpaired) electrons. The van der Waals surface area contributed by atoms with E-state index < -0.39 is 20.2 Å². The Labute approximate surface area is 290 Å². The first-order chi connectivity index (χ1) is 17.9. The van der Waals surface area contributed by atoms with Gasteiger partial charge in [0, 0.05) is 10.0 Å². The molecule has 0 heterocycles. The summed E-state index contributed by atoms with van der Waals surface area (Å²) < 4.78 is 64.0. The number of benzene rings is 4. The molecule has 0 bridgehead atoms. The topological polar surface area (TPSA) is 109 Å². The van der Waals surface area contributed by atoms with Crippen molar-refractivity contribution in [2.75, 3.05) is 0 Å². The third-order valence-electron chi connectivity index (χ3n) is 5.60. The number of rotatable bonds is 7. The van der Waals surface area contributed by atoms with Crippen molar-refractivity contribution >= 4 is 67.7 Å². The van der Waals surface area contributed by atoms with Gasteiger partial charge in [0.1, 0.15) is 0 Å². The van der Waals surface area contributed by atoms with Crippen molar-refractivity contribution in [3.8, 4) is 11.1 Å². The van der Waals surface area contributed by atoms with Crippen LogP contribution in [0.25, 0.3) is 35.4 Å². The minimum atomic E-state index is -4.33. The molecule has 0 fully saturated rings. The van der Waals surface area contributed by atoms with Crippen molar-refractivity contribution in [2.45, 2.75) is 9.79 Å². The average Bonchev–Trinajstić information content (AvgIpc) is 2.87. The minimum Gasteiger partial charge on any atom is -1.00 e. The van der Waals surface area contributed by atoms with Gasteiger partial charge >= 0.3 is 59.1 Å². The first-order valence-corrected chi connectivity index (χ1v) is 14.6. The summed E-state index contributed by atoms with van der Waals surface area (Å²) >= 11 is 12.3. The molecule has 0 unspecified atom stereocenters. The summed E-state index contributed by atoms with van der Waals surface area (Å²) in [6, 6.07) is 23.3. The first-order valence-electron chi connectivity index (χ1n) is 11.0. The smallest absolute Gasteiger partial charge is 1.00 e. The van der Waals surface area contributed by atoms with E-state index in [4.69, 9.17) is 23.2 Å². The van der Waals surface area contributed by atoms with Crippen LogP contribution in [0.2, 0.25) is 10.0 Å². The molecule has 6 nitrogen and oxygen atoms in total. The van der Waals surface area contributed by atoms with E-state index in [0.29, 0.717) is 21.2 Å². The molecule has 4 aromatic carbocycles. The van der Waals surface area contributed by atoms with Crippen molar-refractivity contribution in [3.05, 3.63) is 117 Å². The Balaban J connectivity index is 0.00000420. The molecule has 0 spiro atoms. The van der Waals surface area contributed by atoms with Gasteiger partial charge in [0.25, 0.3) is 20.2 Å². The maximum Gasteiger partial charge on any atom is 1.00 e. The van der Waals surface area contributed by atoms with E-state index in [0.717, 1.165) is 22.3 Å². The Hall–Kier alpha value is -1.24. The van der Waals surface area contributed by atoms with Crippen LogP contribution < -0.4 is 59.1 Å². The molecule has 0 aromatic heterocycles. The fourth-order valence-electron chi connectivity index (χ4n) is 3.57. The second-order valence-corrected chi connectivity index (χ2v) is 11.9. The maximum atomic E-state index is 11.4. The van der Waals surface area contributed by atoms with E-state index in [1.165, 1.54) is 36.4 Å². The maximum absolute atomic E-state index is 11.4. The third kappa shape index (κ3) is 9.39. The van der Waals surface area contributed by atoms with Crippen LogP contribution in [0.15, 0.2) is 94.7 Å². The summed E-state index contributed by atoms with van der Waals surface area (Å²) in [7, 11) is -8.65. The summed E-state index contributed by atoms with van der Waals surface area (Å²) in [6.45, 7) is 0. The predicted octanol–water partition coefficient (Wildman–Crippen LogP) is 1.73. The van der Waals surface area contributed by atoms with E-state index >= 15 is 0 Å². The van der Waals surface area contributed by atoms with Gasteiger partial charge in [-0.1, -0.05) is 96.0 Å². The van der Waals surface area contributed by atoms with Crippen molar-refractivity contribution in [1.29, 1.82) is 0 Å². The molecule has 4 rings (SSSR count). The van der Waals surface area contributed by atoms with E-state index in [-0.39, 0.29) is 71.8 Å². The van der Waals surface area contributed by atoms with Crippen LogP contribution in [0.4, 0.5) is 0 Å². The van der Waals surface area contributed by atoms with Crippen molar-refractivity contribution in [1.82, 2.24) is 0 Å². The predicted molar refractivity (Wildman–Crippen MR) is 154 cm³/mol. The zero-order valence-corrected chi connectivity index (χ0v) is 28.6. The molecule has 2 N–H and O–H groups in total. The Morgan fingerprint density at radius 3 is 1.15 bits per heavy atom. The fourth-order valence-corrected chi connectivity index (χ4v) is 4.96. The monoisotopic (exact) mass is 634 g/mol. The molecule has 0 aliphatic carbocycles. The zero-order chi connectivity index (χ0) is 27.5. The van der Waals surface area contributed by atoms with E-state index in [9.17, 15) is 25.9 Å². The van der Waals surface area contributed by atoms with Crippen molar-refractivity contribution < 1.29 is 87.9 Å². The Morgan fingerprint density at radius 2 is 0.850 bits per heavy atom. The van der Waals surface area contributed by atoms with Gasteiger partial charge in [0.2, 0.25) is 0 Å². The van der Waals surface area contributed by atoms with Gasteiger partial charge in [-0.25, -0.2) is 0 Å². The standard InChI is InChI=1S/C28H20Cl2O6S2.2Na.2H/c29-27-15-13-25(37(31,32)33)17-23(27)11-5-19-1-7-21(8-2-19)22-9-3-20(4-10-22)6-12-24-18-26(38(34,35)36)14-16-28(24)30;;;;/h1-18H,(H,31,32,33)(H,34,35,36);;;;/q;2*+1;2*-1/b11-5+,12-6+;;;;.